The van der Waals surface area contributed by atoms with E-state index in [0.29, 0.717) is 30.1 Å². The van der Waals surface area contributed by atoms with Gasteiger partial charge in [-0.2, -0.15) is 0 Å². The van der Waals surface area contributed by atoms with Gasteiger partial charge in [0.05, 0.1) is 5.41 Å². The molecule has 0 aromatic carbocycles. The normalized spacial score (nSPS) is 51.0. The van der Waals surface area contributed by atoms with Gasteiger partial charge >= 0.3 is 0 Å². The quantitative estimate of drug-likeness (QED) is 0.568. The Morgan fingerprint density at radius 2 is 1.95 bits per heavy atom. The third-order valence-corrected chi connectivity index (χ3v) is 7.99. The molecule has 2 nitrogen and oxygen atoms in total. The van der Waals surface area contributed by atoms with E-state index >= 15 is 0 Å². The van der Waals surface area contributed by atoms with E-state index < -0.39 is 17.9 Å². The lowest BCUT2D eigenvalue weighted by Crippen LogP contribution is -2.55. The van der Waals surface area contributed by atoms with Gasteiger partial charge in [0.25, 0.3) is 0 Å². The Bertz CT molecular complexity index is 488. The van der Waals surface area contributed by atoms with Gasteiger partial charge in [-0.05, 0) is 74.5 Å². The molecule has 2 N–H and O–H groups in total. The maximum atomic E-state index is 14.6. The van der Waals surface area contributed by atoms with E-state index in [1.807, 2.05) is 0 Å². The van der Waals surface area contributed by atoms with E-state index in [2.05, 4.69) is 13.0 Å². The Balaban J connectivity index is 1.71. The predicted molar refractivity (Wildman–Crippen MR) is 83.8 cm³/mol. The van der Waals surface area contributed by atoms with E-state index in [1.165, 1.54) is 25.7 Å². The molecule has 4 rings (SSSR count). The Kier molecular flexibility index (Phi) is 3.47. The van der Waals surface area contributed by atoms with Crippen LogP contribution < -0.4 is 0 Å². The number of aliphatic hydroxyl groups is 2. The molecule has 4 aliphatic rings. The van der Waals surface area contributed by atoms with E-state index in [-0.39, 0.29) is 5.92 Å². The maximum absolute atomic E-state index is 14.6. The second-order valence-corrected chi connectivity index (χ2v) is 8.54. The Labute approximate surface area is 132 Å². The molecule has 0 spiro atoms. The molecule has 0 saturated heterocycles. The number of rotatable bonds is 1. The van der Waals surface area contributed by atoms with Gasteiger partial charge in [0.1, 0.15) is 6.17 Å². The molecule has 4 aliphatic carbocycles. The highest BCUT2D eigenvalue weighted by Gasteiger charge is 2.63. The lowest BCUT2D eigenvalue weighted by Gasteiger charge is -2.57. The van der Waals surface area contributed by atoms with Crippen LogP contribution in [0.5, 0.6) is 0 Å². The predicted octanol–water partition coefficient (Wildman–Crippen LogP) is 3.97. The Morgan fingerprint density at radius 1 is 1.14 bits per heavy atom. The van der Waals surface area contributed by atoms with Crippen LogP contribution >= 0.6 is 0 Å². The number of fused-ring (bicyclic) bond motifs is 5. The summed E-state index contributed by atoms with van der Waals surface area (Å²) in [4.78, 5) is 0. The lowest BCUT2D eigenvalue weighted by molar-refractivity contribution is -0.205. The highest BCUT2D eigenvalue weighted by Crippen LogP contribution is 2.66. The number of aliphatic hydroxyl groups excluding tert-OH is 1. The van der Waals surface area contributed by atoms with Gasteiger partial charge in [-0.15, -0.1) is 0 Å². The van der Waals surface area contributed by atoms with Gasteiger partial charge in [0, 0.05) is 0 Å². The van der Waals surface area contributed by atoms with Crippen molar-refractivity contribution in [2.45, 2.75) is 77.2 Å². The SMILES string of the molecule is C[C@]12CCCCC1=CC[C@@H]1[C@H]2CC[C@]2(C(O)O)C(F)CC[C@@H]12. The highest BCUT2D eigenvalue weighted by molar-refractivity contribution is 5.24. The smallest absolute Gasteiger partial charge is 0.160 e. The number of allylic oxidation sites excluding steroid dienone is 2. The number of alkyl halides is 1. The number of hydrogen-bond donors (Lipinski definition) is 2. The Hall–Kier alpha value is -0.410. The average Bonchev–Trinajstić information content (AvgIpc) is 2.85. The van der Waals surface area contributed by atoms with Crippen molar-refractivity contribution >= 4 is 0 Å². The summed E-state index contributed by atoms with van der Waals surface area (Å²) in [6.07, 6.45) is 9.02. The van der Waals surface area contributed by atoms with Crippen LogP contribution in [-0.4, -0.2) is 22.7 Å². The van der Waals surface area contributed by atoms with E-state index in [4.69, 9.17) is 0 Å². The summed E-state index contributed by atoms with van der Waals surface area (Å²) in [5.41, 5.74) is 1.06. The third kappa shape index (κ3) is 1.78. The van der Waals surface area contributed by atoms with Crippen LogP contribution in [0.1, 0.15) is 64.7 Å². The average molecular weight is 308 g/mol. The second-order valence-electron chi connectivity index (χ2n) is 8.54. The number of halogens is 1. The highest BCUT2D eigenvalue weighted by atomic mass is 19.1. The second kappa shape index (κ2) is 5.04. The first-order valence-corrected chi connectivity index (χ1v) is 9.20. The molecule has 0 aliphatic heterocycles. The summed E-state index contributed by atoms with van der Waals surface area (Å²) in [5, 5.41) is 20.0. The zero-order valence-corrected chi connectivity index (χ0v) is 13.6. The molecule has 22 heavy (non-hydrogen) atoms. The van der Waals surface area contributed by atoms with Crippen LogP contribution in [-0.2, 0) is 0 Å². The fourth-order valence-electron chi connectivity index (χ4n) is 6.84. The van der Waals surface area contributed by atoms with Gasteiger partial charge in [-0.3, -0.25) is 0 Å². The third-order valence-electron chi connectivity index (χ3n) is 7.99. The summed E-state index contributed by atoms with van der Waals surface area (Å²) in [6.45, 7) is 2.43. The standard InChI is InChI=1S/C19H29FO2/c1-18-10-3-2-4-12(18)5-6-13-14(18)9-11-19(17(21)22)15(13)7-8-16(19)20/h5,13-17,21-22H,2-4,6-11H2,1H3/t13-,14-,15+,16?,18+,19-/m1/s1. The van der Waals surface area contributed by atoms with Crippen molar-refractivity contribution in [3.05, 3.63) is 11.6 Å². The molecule has 0 radical (unpaired) electrons. The van der Waals surface area contributed by atoms with Gasteiger partial charge in [0.15, 0.2) is 6.29 Å². The fraction of sp³-hybridized carbons (Fsp3) is 0.895. The molecule has 3 saturated carbocycles. The molecule has 0 aromatic heterocycles. The lowest BCUT2D eigenvalue weighted by atomic mass is 9.47. The first kappa shape index (κ1) is 15.1. The van der Waals surface area contributed by atoms with Crippen LogP contribution in [0.15, 0.2) is 11.6 Å². The van der Waals surface area contributed by atoms with E-state index in [0.717, 1.165) is 19.3 Å². The molecule has 6 atom stereocenters. The summed E-state index contributed by atoms with van der Waals surface area (Å²) in [6, 6.07) is 0. The van der Waals surface area contributed by atoms with Crippen LogP contribution in [0.25, 0.3) is 0 Å². The van der Waals surface area contributed by atoms with Crippen molar-refractivity contribution < 1.29 is 14.6 Å². The van der Waals surface area contributed by atoms with Gasteiger partial charge in [-0.25, -0.2) is 4.39 Å². The summed E-state index contributed by atoms with van der Waals surface area (Å²) in [5.74, 6) is 1.22. The fourth-order valence-corrected chi connectivity index (χ4v) is 6.84. The molecule has 0 bridgehead atoms. The largest absolute Gasteiger partial charge is 0.368 e. The summed E-state index contributed by atoms with van der Waals surface area (Å²) in [7, 11) is 0. The van der Waals surface area contributed by atoms with Crippen molar-refractivity contribution in [3.8, 4) is 0 Å². The van der Waals surface area contributed by atoms with Gasteiger partial charge in [0.2, 0.25) is 0 Å². The number of hydrogen-bond acceptors (Lipinski definition) is 2. The molecule has 0 amide bonds. The van der Waals surface area contributed by atoms with Crippen molar-refractivity contribution in [1.82, 2.24) is 0 Å². The van der Waals surface area contributed by atoms with Crippen LogP contribution in [0.4, 0.5) is 4.39 Å². The molecule has 3 fully saturated rings. The monoisotopic (exact) mass is 308 g/mol. The molecule has 0 heterocycles. The first-order valence-electron chi connectivity index (χ1n) is 9.20. The first-order chi connectivity index (χ1) is 10.5. The minimum atomic E-state index is -1.50. The van der Waals surface area contributed by atoms with Crippen molar-refractivity contribution in [2.24, 2.45) is 28.6 Å². The minimum Gasteiger partial charge on any atom is -0.368 e. The van der Waals surface area contributed by atoms with Gasteiger partial charge in [-0.1, -0.05) is 25.0 Å². The molecule has 1 unspecified atom stereocenters. The molecule has 124 valence electrons. The molecule has 3 heteroatoms. The van der Waals surface area contributed by atoms with Gasteiger partial charge < -0.3 is 10.2 Å². The minimum absolute atomic E-state index is 0.151. The van der Waals surface area contributed by atoms with Crippen molar-refractivity contribution in [1.29, 1.82) is 0 Å². The van der Waals surface area contributed by atoms with Crippen molar-refractivity contribution in [2.75, 3.05) is 0 Å². The van der Waals surface area contributed by atoms with Crippen molar-refractivity contribution in [3.63, 3.8) is 0 Å². The zero-order valence-electron chi connectivity index (χ0n) is 13.6. The molecular formula is C19H29FO2. The van der Waals surface area contributed by atoms with Crippen LogP contribution in [0.2, 0.25) is 0 Å². The Morgan fingerprint density at radius 3 is 2.73 bits per heavy atom. The van der Waals surface area contributed by atoms with Crippen LogP contribution in [0.3, 0.4) is 0 Å². The summed E-state index contributed by atoms with van der Waals surface area (Å²) >= 11 is 0. The topological polar surface area (TPSA) is 40.5 Å². The summed E-state index contributed by atoms with van der Waals surface area (Å²) < 4.78 is 14.6. The molecule has 0 aromatic rings. The zero-order chi connectivity index (χ0) is 15.5. The van der Waals surface area contributed by atoms with E-state index in [9.17, 15) is 14.6 Å². The van der Waals surface area contributed by atoms with Crippen LogP contribution in [0, 0.1) is 28.6 Å². The molecular weight excluding hydrogens is 279 g/mol. The van der Waals surface area contributed by atoms with E-state index in [1.54, 1.807) is 5.57 Å². The maximum Gasteiger partial charge on any atom is 0.160 e.